The number of nitrogens with one attached hydrogen (secondary N) is 1. The summed E-state index contributed by atoms with van der Waals surface area (Å²) in [4.78, 5) is 11.7. The van der Waals surface area contributed by atoms with Gasteiger partial charge >= 0.3 is 0 Å². The number of rotatable bonds is 11. The van der Waals surface area contributed by atoms with E-state index in [0.29, 0.717) is 44.4 Å². The summed E-state index contributed by atoms with van der Waals surface area (Å²) >= 11 is 0. The van der Waals surface area contributed by atoms with E-state index in [2.05, 4.69) is 19.2 Å². The molecule has 0 aliphatic carbocycles. The predicted molar refractivity (Wildman–Crippen MR) is 76.7 cm³/mol. The van der Waals surface area contributed by atoms with Crippen LogP contribution >= 0.6 is 0 Å². The molecule has 5 heteroatoms. The summed E-state index contributed by atoms with van der Waals surface area (Å²) in [5, 5.41) is 12.3. The molecular formula is C14H30N2O3. The number of ether oxygens (including phenoxy) is 1. The molecule has 0 saturated carbocycles. The molecule has 0 spiro atoms. The molecular weight excluding hydrogens is 244 g/mol. The van der Waals surface area contributed by atoms with Crippen LogP contribution in [0.3, 0.4) is 0 Å². The number of hydrogen-bond donors (Lipinski definition) is 3. The van der Waals surface area contributed by atoms with Crippen LogP contribution in [0.1, 0.15) is 39.5 Å². The Hall–Kier alpha value is -0.650. The number of methoxy groups -OCH3 is 1. The van der Waals surface area contributed by atoms with Gasteiger partial charge < -0.3 is 20.9 Å². The lowest BCUT2D eigenvalue weighted by Gasteiger charge is -2.19. The molecule has 0 fully saturated rings. The number of aliphatic hydroxyl groups excluding tert-OH is 1. The molecule has 19 heavy (non-hydrogen) atoms. The fourth-order valence-electron chi connectivity index (χ4n) is 2.08. The van der Waals surface area contributed by atoms with Gasteiger partial charge in [-0.15, -0.1) is 0 Å². The normalized spacial score (nSPS) is 14.4. The third-order valence-electron chi connectivity index (χ3n) is 3.38. The lowest BCUT2D eigenvalue weighted by molar-refractivity contribution is -0.121. The minimum Gasteiger partial charge on any atom is -0.391 e. The second-order valence-corrected chi connectivity index (χ2v) is 5.37. The molecule has 0 aliphatic rings. The first-order valence-electron chi connectivity index (χ1n) is 7.15. The molecule has 5 nitrogen and oxygen atoms in total. The van der Waals surface area contributed by atoms with E-state index in [-0.39, 0.29) is 5.91 Å². The largest absolute Gasteiger partial charge is 0.391 e. The zero-order valence-electron chi connectivity index (χ0n) is 12.5. The van der Waals surface area contributed by atoms with Gasteiger partial charge in [0.1, 0.15) is 0 Å². The van der Waals surface area contributed by atoms with Crippen LogP contribution in [-0.2, 0) is 9.53 Å². The SMILES string of the molecule is COCC(O)CCNC(=O)CCC(CCN)C(C)C. The average Bonchev–Trinajstić information content (AvgIpc) is 2.34. The molecule has 0 aliphatic heterocycles. The highest BCUT2D eigenvalue weighted by Gasteiger charge is 2.14. The standard InChI is InChI=1S/C14H30N2O3/c1-11(2)12(6-8-15)4-5-14(18)16-9-7-13(17)10-19-3/h11-13,17H,4-10,15H2,1-3H3,(H,16,18). The molecule has 0 heterocycles. The molecule has 0 saturated heterocycles. The van der Waals surface area contributed by atoms with Crippen LogP contribution in [0.25, 0.3) is 0 Å². The molecule has 0 aromatic heterocycles. The molecule has 114 valence electrons. The Kier molecular flexibility index (Phi) is 10.8. The van der Waals surface area contributed by atoms with Gasteiger partial charge in [-0.05, 0) is 37.6 Å². The summed E-state index contributed by atoms with van der Waals surface area (Å²) in [7, 11) is 1.55. The highest BCUT2D eigenvalue weighted by molar-refractivity contribution is 5.75. The van der Waals surface area contributed by atoms with Crippen LogP contribution in [0.5, 0.6) is 0 Å². The van der Waals surface area contributed by atoms with Crippen LogP contribution < -0.4 is 11.1 Å². The van der Waals surface area contributed by atoms with E-state index < -0.39 is 6.10 Å². The van der Waals surface area contributed by atoms with Crippen molar-refractivity contribution < 1.29 is 14.6 Å². The Morgan fingerprint density at radius 3 is 2.53 bits per heavy atom. The van der Waals surface area contributed by atoms with Crippen LogP contribution in [-0.4, -0.2) is 43.9 Å². The van der Waals surface area contributed by atoms with Gasteiger partial charge in [-0.2, -0.15) is 0 Å². The van der Waals surface area contributed by atoms with E-state index in [0.717, 1.165) is 12.8 Å². The van der Waals surface area contributed by atoms with Crippen molar-refractivity contribution >= 4 is 5.91 Å². The number of carbonyl (C=O) groups excluding carboxylic acids is 1. The van der Waals surface area contributed by atoms with Crippen molar-refractivity contribution in [1.29, 1.82) is 0 Å². The van der Waals surface area contributed by atoms with E-state index >= 15 is 0 Å². The van der Waals surface area contributed by atoms with Crippen molar-refractivity contribution in [3.05, 3.63) is 0 Å². The third kappa shape index (κ3) is 9.87. The Balaban J connectivity index is 3.73. The summed E-state index contributed by atoms with van der Waals surface area (Å²) in [5.41, 5.74) is 5.58. The molecule has 0 aromatic rings. The van der Waals surface area contributed by atoms with Crippen molar-refractivity contribution in [3.63, 3.8) is 0 Å². The highest BCUT2D eigenvalue weighted by Crippen LogP contribution is 2.20. The molecule has 4 N–H and O–H groups in total. The first-order valence-corrected chi connectivity index (χ1v) is 7.15. The zero-order valence-corrected chi connectivity index (χ0v) is 12.5. The quantitative estimate of drug-likeness (QED) is 0.522. The minimum absolute atomic E-state index is 0.0484. The van der Waals surface area contributed by atoms with Gasteiger partial charge in [0.05, 0.1) is 12.7 Å². The van der Waals surface area contributed by atoms with Gasteiger partial charge in [0.2, 0.25) is 5.91 Å². The Bertz CT molecular complexity index is 235. The summed E-state index contributed by atoms with van der Waals surface area (Å²) < 4.78 is 4.82. The second kappa shape index (κ2) is 11.2. The Morgan fingerprint density at radius 2 is 2.00 bits per heavy atom. The number of aliphatic hydroxyl groups is 1. The smallest absolute Gasteiger partial charge is 0.220 e. The fraction of sp³-hybridized carbons (Fsp3) is 0.929. The topological polar surface area (TPSA) is 84.6 Å². The molecule has 0 bridgehead atoms. The molecule has 0 radical (unpaired) electrons. The first kappa shape index (κ1) is 18.4. The third-order valence-corrected chi connectivity index (χ3v) is 3.38. The van der Waals surface area contributed by atoms with Crippen molar-refractivity contribution in [2.24, 2.45) is 17.6 Å². The maximum absolute atomic E-state index is 11.7. The van der Waals surface area contributed by atoms with Gasteiger partial charge in [-0.3, -0.25) is 4.79 Å². The maximum Gasteiger partial charge on any atom is 0.220 e. The van der Waals surface area contributed by atoms with E-state index in [1.54, 1.807) is 7.11 Å². The second-order valence-electron chi connectivity index (χ2n) is 5.37. The average molecular weight is 274 g/mol. The van der Waals surface area contributed by atoms with Crippen molar-refractivity contribution in [3.8, 4) is 0 Å². The summed E-state index contributed by atoms with van der Waals surface area (Å²) in [6, 6.07) is 0. The van der Waals surface area contributed by atoms with Crippen LogP contribution in [0.4, 0.5) is 0 Å². The van der Waals surface area contributed by atoms with Crippen molar-refractivity contribution in [1.82, 2.24) is 5.32 Å². The monoisotopic (exact) mass is 274 g/mol. The van der Waals surface area contributed by atoms with Gasteiger partial charge in [0.25, 0.3) is 0 Å². The Labute approximate surface area is 116 Å². The van der Waals surface area contributed by atoms with E-state index in [1.807, 2.05) is 0 Å². The predicted octanol–water partition coefficient (Wildman–Crippen LogP) is 0.901. The summed E-state index contributed by atoms with van der Waals surface area (Å²) in [6.45, 7) is 5.81. The molecule has 1 amide bonds. The number of nitrogens with two attached hydrogens (primary N) is 1. The molecule has 0 rings (SSSR count). The number of carbonyl (C=O) groups is 1. The van der Waals surface area contributed by atoms with Gasteiger partial charge in [0.15, 0.2) is 0 Å². The van der Waals surface area contributed by atoms with Gasteiger partial charge in [0, 0.05) is 20.1 Å². The zero-order chi connectivity index (χ0) is 14.7. The highest BCUT2D eigenvalue weighted by atomic mass is 16.5. The van der Waals surface area contributed by atoms with Crippen molar-refractivity contribution in [2.45, 2.75) is 45.6 Å². The first-order chi connectivity index (χ1) is 9.01. The lowest BCUT2D eigenvalue weighted by atomic mass is 9.88. The maximum atomic E-state index is 11.7. The van der Waals surface area contributed by atoms with Gasteiger partial charge in [-0.25, -0.2) is 0 Å². The van der Waals surface area contributed by atoms with Crippen LogP contribution in [0.2, 0.25) is 0 Å². The minimum atomic E-state index is -0.508. The summed E-state index contributed by atoms with van der Waals surface area (Å²) in [6.07, 6.45) is 2.39. The van der Waals surface area contributed by atoms with Crippen LogP contribution in [0.15, 0.2) is 0 Å². The number of hydrogen-bond acceptors (Lipinski definition) is 4. The number of amides is 1. The van der Waals surface area contributed by atoms with Gasteiger partial charge in [-0.1, -0.05) is 13.8 Å². The fourth-order valence-corrected chi connectivity index (χ4v) is 2.08. The Morgan fingerprint density at radius 1 is 1.32 bits per heavy atom. The van der Waals surface area contributed by atoms with E-state index in [4.69, 9.17) is 10.5 Å². The molecule has 2 atom stereocenters. The van der Waals surface area contributed by atoms with Crippen LogP contribution in [0, 0.1) is 11.8 Å². The van der Waals surface area contributed by atoms with Crippen molar-refractivity contribution in [2.75, 3.05) is 26.8 Å². The summed E-state index contributed by atoms with van der Waals surface area (Å²) in [5.74, 6) is 1.11. The lowest BCUT2D eigenvalue weighted by Crippen LogP contribution is -2.29. The molecule has 0 aromatic carbocycles. The molecule has 2 unspecified atom stereocenters. The van der Waals surface area contributed by atoms with E-state index in [1.165, 1.54) is 0 Å². The van der Waals surface area contributed by atoms with E-state index in [9.17, 15) is 9.90 Å².